The second-order valence-corrected chi connectivity index (χ2v) is 14.6. The number of rotatable bonds is 9. The van der Waals surface area contributed by atoms with Gasteiger partial charge in [-0.25, -0.2) is 0 Å². The average molecular weight is 847 g/mol. The third kappa shape index (κ3) is 9.67. The maximum absolute atomic E-state index is 13.9. The minimum absolute atomic E-state index is 0.0214. The molecule has 0 unspecified atom stereocenters. The van der Waals surface area contributed by atoms with Gasteiger partial charge in [-0.05, 0) is 103 Å². The molecule has 0 amide bonds. The van der Waals surface area contributed by atoms with Gasteiger partial charge >= 0.3 is 12.4 Å². The summed E-state index contributed by atoms with van der Waals surface area (Å²) < 4.78 is 93.8. The van der Waals surface area contributed by atoms with Gasteiger partial charge in [0.25, 0.3) is 11.8 Å². The van der Waals surface area contributed by atoms with Crippen molar-refractivity contribution in [3.05, 3.63) is 167 Å². The molecule has 0 saturated heterocycles. The summed E-state index contributed by atoms with van der Waals surface area (Å²) in [6.07, 6.45) is -9.07. The van der Waals surface area contributed by atoms with Gasteiger partial charge in [-0.1, -0.05) is 113 Å². The van der Waals surface area contributed by atoms with Crippen LogP contribution < -0.4 is 11.1 Å². The molecule has 0 spiro atoms. The Morgan fingerprint density at radius 3 is 1.47 bits per heavy atom. The van der Waals surface area contributed by atoms with E-state index in [0.717, 1.165) is 39.9 Å². The van der Waals surface area contributed by atoms with Crippen LogP contribution in [0.4, 0.5) is 26.3 Å². The monoisotopic (exact) mass is 846 g/mol. The second-order valence-electron chi connectivity index (χ2n) is 14.6. The molecule has 62 heavy (non-hydrogen) atoms. The van der Waals surface area contributed by atoms with Gasteiger partial charge in [0.15, 0.2) is 0 Å². The van der Waals surface area contributed by atoms with Crippen LogP contribution in [0.15, 0.2) is 143 Å². The SMILES string of the molecule is CNCc1cccc(-c2noc(-c3ccc(-c4ccccc4C)c(C(F)(F)F)c3)n2)c1.Cc1ccccc1-c1ccc(-c2nc(-c3ccc([C@@H](C)N)cc3)no2)cc1C(F)(F)F. The predicted molar refractivity (Wildman–Crippen MR) is 226 cm³/mol. The Hall–Kier alpha value is -6.90. The molecule has 8 nitrogen and oxygen atoms in total. The van der Waals surface area contributed by atoms with Crippen LogP contribution in [0.5, 0.6) is 0 Å². The first-order chi connectivity index (χ1) is 29.6. The van der Waals surface area contributed by atoms with E-state index in [1.54, 1.807) is 86.6 Å². The molecule has 8 rings (SSSR count). The zero-order chi connectivity index (χ0) is 44.2. The number of nitrogens with zero attached hydrogens (tertiary/aromatic N) is 4. The van der Waals surface area contributed by atoms with E-state index in [4.69, 9.17) is 14.8 Å². The van der Waals surface area contributed by atoms with Crippen molar-refractivity contribution in [3.63, 3.8) is 0 Å². The Kier molecular flexibility index (Phi) is 12.5. The Balaban J connectivity index is 0.000000186. The number of alkyl halides is 6. The summed E-state index contributed by atoms with van der Waals surface area (Å²) in [6.45, 7) is 6.12. The highest BCUT2D eigenvalue weighted by atomic mass is 19.4. The molecule has 14 heteroatoms. The van der Waals surface area contributed by atoms with Crippen LogP contribution in [0.2, 0.25) is 0 Å². The van der Waals surface area contributed by atoms with Crippen LogP contribution in [-0.4, -0.2) is 27.3 Å². The minimum Gasteiger partial charge on any atom is -0.334 e. The van der Waals surface area contributed by atoms with Gasteiger partial charge in [0.1, 0.15) is 0 Å². The van der Waals surface area contributed by atoms with Crippen LogP contribution in [0.25, 0.3) is 67.9 Å². The lowest BCUT2D eigenvalue weighted by Crippen LogP contribution is -2.08. The molecular weight excluding hydrogens is 807 g/mol. The molecule has 0 bridgehead atoms. The predicted octanol–water partition coefficient (Wildman–Crippen LogP) is 12.5. The fourth-order valence-corrected chi connectivity index (χ4v) is 6.92. The number of hydrogen-bond donors (Lipinski definition) is 2. The lowest BCUT2D eigenvalue weighted by Gasteiger charge is -2.15. The van der Waals surface area contributed by atoms with Gasteiger partial charge in [0, 0.05) is 34.8 Å². The minimum atomic E-state index is -4.54. The van der Waals surface area contributed by atoms with E-state index in [1.807, 2.05) is 50.4 Å². The van der Waals surface area contributed by atoms with Gasteiger partial charge in [0.05, 0.1) is 11.1 Å². The molecule has 2 aromatic heterocycles. The van der Waals surface area contributed by atoms with E-state index in [2.05, 4.69) is 25.6 Å². The number of nitrogens with two attached hydrogens (primary N) is 1. The van der Waals surface area contributed by atoms with Crippen molar-refractivity contribution >= 4 is 0 Å². The zero-order valence-corrected chi connectivity index (χ0v) is 33.9. The lowest BCUT2D eigenvalue weighted by molar-refractivity contribution is -0.137. The van der Waals surface area contributed by atoms with E-state index in [1.165, 1.54) is 12.1 Å². The van der Waals surface area contributed by atoms with Crippen LogP contribution in [-0.2, 0) is 18.9 Å². The van der Waals surface area contributed by atoms with Crippen molar-refractivity contribution in [2.24, 2.45) is 5.73 Å². The molecule has 0 fully saturated rings. The summed E-state index contributed by atoms with van der Waals surface area (Å²) in [6, 6.07) is 36.9. The van der Waals surface area contributed by atoms with E-state index >= 15 is 0 Å². The molecule has 1 atom stereocenters. The van der Waals surface area contributed by atoms with Crippen LogP contribution in [0.3, 0.4) is 0 Å². The van der Waals surface area contributed by atoms with E-state index in [9.17, 15) is 26.3 Å². The van der Waals surface area contributed by atoms with Gasteiger partial charge in [0.2, 0.25) is 11.6 Å². The largest absolute Gasteiger partial charge is 0.417 e. The van der Waals surface area contributed by atoms with Crippen LogP contribution in [0, 0.1) is 13.8 Å². The third-order valence-electron chi connectivity index (χ3n) is 10.1. The van der Waals surface area contributed by atoms with Crippen molar-refractivity contribution in [1.29, 1.82) is 0 Å². The van der Waals surface area contributed by atoms with Gasteiger partial charge in [-0.15, -0.1) is 0 Å². The Morgan fingerprint density at radius 1 is 0.548 bits per heavy atom. The average Bonchev–Trinajstić information content (AvgIpc) is 3.96. The maximum Gasteiger partial charge on any atom is 0.417 e. The molecule has 316 valence electrons. The zero-order valence-electron chi connectivity index (χ0n) is 33.9. The third-order valence-corrected chi connectivity index (χ3v) is 10.1. The van der Waals surface area contributed by atoms with E-state index in [-0.39, 0.29) is 40.1 Å². The fourth-order valence-electron chi connectivity index (χ4n) is 6.92. The topological polar surface area (TPSA) is 116 Å². The summed E-state index contributed by atoms with van der Waals surface area (Å²) in [7, 11) is 1.85. The Morgan fingerprint density at radius 2 is 1.02 bits per heavy atom. The highest BCUT2D eigenvalue weighted by Crippen LogP contribution is 2.42. The molecule has 0 aliphatic heterocycles. The molecule has 3 N–H and O–H groups in total. The Labute approximate surface area is 353 Å². The second kappa shape index (κ2) is 18.0. The highest BCUT2D eigenvalue weighted by Gasteiger charge is 2.36. The molecule has 0 aliphatic carbocycles. The first kappa shape index (κ1) is 43.2. The van der Waals surface area contributed by atoms with Crippen molar-refractivity contribution in [3.8, 4) is 67.9 Å². The van der Waals surface area contributed by atoms with Crippen LogP contribution in [0.1, 0.15) is 46.3 Å². The summed E-state index contributed by atoms with van der Waals surface area (Å²) >= 11 is 0. The number of aryl methyl sites for hydroxylation is 2. The molecular formula is C48H40F6N6O2. The van der Waals surface area contributed by atoms with Crippen molar-refractivity contribution in [1.82, 2.24) is 25.6 Å². The molecule has 6 aromatic carbocycles. The summed E-state index contributed by atoms with van der Waals surface area (Å²) in [4.78, 5) is 8.62. The molecule has 0 radical (unpaired) electrons. The van der Waals surface area contributed by atoms with Gasteiger partial charge in [-0.2, -0.15) is 36.3 Å². The van der Waals surface area contributed by atoms with E-state index in [0.29, 0.717) is 34.9 Å². The van der Waals surface area contributed by atoms with E-state index < -0.39 is 23.5 Å². The molecule has 8 aromatic rings. The summed E-state index contributed by atoms with van der Waals surface area (Å²) in [5, 5.41) is 11.0. The summed E-state index contributed by atoms with van der Waals surface area (Å²) in [5.41, 5.74) is 11.0. The number of hydrogen-bond acceptors (Lipinski definition) is 8. The smallest absolute Gasteiger partial charge is 0.334 e. The fraction of sp³-hybridized carbons (Fsp3) is 0.167. The standard InChI is InChI=1S/2C24H20F3N3O/c1-15-6-3-4-9-19(15)20-11-10-18(13-21(20)24(25,26)27)23-29-22(30-31-23)17-8-5-7-16(12-17)14-28-2;1-14-5-3-4-6-19(14)20-12-11-18(13-21(20)24(25,26)27)23-29-22(30-31-23)17-9-7-16(8-10-17)15(2)28/h3-13,28H,14H2,1-2H3;3-13,15H,28H2,1-2H3/t;15-/m.1/s1. The summed E-state index contributed by atoms with van der Waals surface area (Å²) in [5.74, 6) is 0.677. The molecule has 0 aliphatic rings. The van der Waals surface area contributed by atoms with Crippen molar-refractivity contribution in [2.75, 3.05) is 7.05 Å². The van der Waals surface area contributed by atoms with Gasteiger partial charge in [-0.3, -0.25) is 0 Å². The first-order valence-corrected chi connectivity index (χ1v) is 19.4. The van der Waals surface area contributed by atoms with Crippen molar-refractivity contribution in [2.45, 2.75) is 45.7 Å². The number of halogens is 6. The quantitative estimate of drug-likeness (QED) is 0.138. The van der Waals surface area contributed by atoms with Crippen molar-refractivity contribution < 1.29 is 35.4 Å². The van der Waals surface area contributed by atoms with Gasteiger partial charge < -0.3 is 20.1 Å². The number of nitrogens with one attached hydrogen (secondary N) is 1. The normalized spacial score (nSPS) is 12.2. The molecule has 0 saturated carbocycles. The lowest BCUT2D eigenvalue weighted by atomic mass is 9.94. The number of benzene rings is 6. The Bertz CT molecular complexity index is 2810. The number of aromatic nitrogens is 4. The maximum atomic E-state index is 13.9. The van der Waals surface area contributed by atoms with Crippen LogP contribution >= 0.6 is 0 Å². The first-order valence-electron chi connectivity index (χ1n) is 19.4. The highest BCUT2D eigenvalue weighted by molar-refractivity contribution is 5.76. The molecule has 2 heterocycles.